The Morgan fingerprint density at radius 3 is 2.65 bits per heavy atom. The number of carbonyl (C=O) groups excluding carboxylic acids is 1. The molecule has 3 rings (SSSR count). The summed E-state index contributed by atoms with van der Waals surface area (Å²) in [5.74, 6) is -0.395. The Hall–Kier alpha value is -2.84. The van der Waals surface area contributed by atoms with Crippen LogP contribution < -0.4 is 10.6 Å². The lowest BCUT2D eigenvalue weighted by molar-refractivity contribution is -0.119. The zero-order chi connectivity index (χ0) is 16.4. The third-order valence-corrected chi connectivity index (χ3v) is 4.21. The van der Waals surface area contributed by atoms with E-state index in [1.807, 2.05) is 35.2 Å². The number of hydrogen-bond acceptors (Lipinski definition) is 4. The second-order valence-corrected chi connectivity index (χ2v) is 5.65. The molecule has 116 valence electrons. The van der Waals surface area contributed by atoms with E-state index in [1.165, 1.54) is 0 Å². The molecule has 1 amide bonds. The second kappa shape index (κ2) is 6.11. The molecule has 0 aliphatic carbocycles. The fourth-order valence-electron chi connectivity index (χ4n) is 3.00. The number of aliphatic hydroxyl groups is 1. The molecule has 3 N–H and O–H groups in total. The zero-order valence-electron chi connectivity index (χ0n) is 12.5. The Bertz CT molecular complexity index is 765. The highest BCUT2D eigenvalue weighted by Gasteiger charge is 2.34. The molecule has 0 fully saturated rings. The number of fused-ring (bicyclic) bond motifs is 1. The molecule has 5 nitrogen and oxygen atoms in total. The first-order chi connectivity index (χ1) is 11.1. The minimum atomic E-state index is -0.768. The largest absolute Gasteiger partial charge is 0.387 e. The third kappa shape index (κ3) is 2.89. The van der Waals surface area contributed by atoms with Crippen LogP contribution in [-0.2, 0) is 11.2 Å². The van der Waals surface area contributed by atoms with Crippen molar-refractivity contribution in [1.82, 2.24) is 0 Å². The van der Waals surface area contributed by atoms with Crippen LogP contribution in [0, 0.1) is 11.3 Å². The summed E-state index contributed by atoms with van der Waals surface area (Å²) in [5, 5.41) is 19.3. The average Bonchev–Trinajstić information content (AvgIpc) is 2.94. The summed E-state index contributed by atoms with van der Waals surface area (Å²) in [6.45, 7) is 0.274. The van der Waals surface area contributed by atoms with Crippen LogP contribution in [0.5, 0.6) is 0 Å². The number of nitrogens with two attached hydrogens (primary N) is 1. The predicted octanol–water partition coefficient (Wildman–Crippen LogP) is 1.51. The molecule has 0 aromatic heterocycles. The first-order valence-electron chi connectivity index (χ1n) is 7.42. The number of primary amides is 1. The Balaban J connectivity index is 1.84. The molecule has 0 bridgehead atoms. The standard InChI is InChI=1S/C18H17N3O2/c19-10-12-5-7-13(8-6-12)17(22)11-21-15-4-2-1-3-14(15)9-16(21)18(20)23/h1-8,16-17,22H,9,11H2,(H2,20,23)/t16-,17?/m0/s1. The maximum Gasteiger partial charge on any atom is 0.240 e. The Morgan fingerprint density at radius 2 is 2.00 bits per heavy atom. The highest BCUT2D eigenvalue weighted by Crippen LogP contribution is 2.33. The number of para-hydroxylation sites is 1. The van der Waals surface area contributed by atoms with E-state index in [0.29, 0.717) is 17.5 Å². The summed E-state index contributed by atoms with van der Waals surface area (Å²) in [5.41, 5.74) is 8.76. The van der Waals surface area contributed by atoms with E-state index in [0.717, 1.165) is 11.3 Å². The third-order valence-electron chi connectivity index (χ3n) is 4.21. The quantitative estimate of drug-likeness (QED) is 0.896. The van der Waals surface area contributed by atoms with Crippen molar-refractivity contribution in [2.24, 2.45) is 5.73 Å². The minimum Gasteiger partial charge on any atom is -0.387 e. The van der Waals surface area contributed by atoms with E-state index in [1.54, 1.807) is 24.3 Å². The first kappa shape index (κ1) is 15.1. The van der Waals surface area contributed by atoms with Crippen LogP contribution in [0.1, 0.15) is 22.8 Å². The van der Waals surface area contributed by atoms with Gasteiger partial charge in [-0.25, -0.2) is 0 Å². The number of hydrogen-bond donors (Lipinski definition) is 2. The Kier molecular flexibility index (Phi) is 4.00. The lowest BCUT2D eigenvalue weighted by atomic mass is 10.1. The molecule has 0 saturated heterocycles. The molecular formula is C18H17N3O2. The topological polar surface area (TPSA) is 90.3 Å². The first-order valence-corrected chi connectivity index (χ1v) is 7.42. The van der Waals surface area contributed by atoms with Crippen LogP contribution >= 0.6 is 0 Å². The molecule has 1 unspecified atom stereocenters. The summed E-state index contributed by atoms with van der Waals surface area (Å²) in [7, 11) is 0. The van der Waals surface area contributed by atoms with Crippen LogP contribution in [0.3, 0.4) is 0 Å². The minimum absolute atomic E-state index is 0.274. The molecule has 23 heavy (non-hydrogen) atoms. The lowest BCUT2D eigenvalue weighted by Gasteiger charge is -2.28. The van der Waals surface area contributed by atoms with Gasteiger partial charge in [0, 0.05) is 18.7 Å². The van der Waals surface area contributed by atoms with Crippen LogP contribution in [0.25, 0.3) is 0 Å². The van der Waals surface area contributed by atoms with E-state index < -0.39 is 18.1 Å². The van der Waals surface area contributed by atoms with E-state index in [4.69, 9.17) is 11.0 Å². The van der Waals surface area contributed by atoms with Gasteiger partial charge in [-0.3, -0.25) is 4.79 Å². The smallest absolute Gasteiger partial charge is 0.240 e. The van der Waals surface area contributed by atoms with Gasteiger partial charge in [-0.1, -0.05) is 30.3 Å². The number of rotatable bonds is 4. The number of nitriles is 1. The van der Waals surface area contributed by atoms with E-state index >= 15 is 0 Å². The second-order valence-electron chi connectivity index (χ2n) is 5.65. The van der Waals surface area contributed by atoms with Crippen molar-refractivity contribution in [3.8, 4) is 6.07 Å². The molecule has 5 heteroatoms. The van der Waals surface area contributed by atoms with Crippen LogP contribution in [0.2, 0.25) is 0 Å². The van der Waals surface area contributed by atoms with Gasteiger partial charge in [0.2, 0.25) is 5.91 Å². The van der Waals surface area contributed by atoms with E-state index in [-0.39, 0.29) is 6.54 Å². The summed E-state index contributed by atoms with van der Waals surface area (Å²) >= 11 is 0. The predicted molar refractivity (Wildman–Crippen MR) is 86.6 cm³/mol. The van der Waals surface area contributed by atoms with Gasteiger partial charge in [-0.2, -0.15) is 5.26 Å². The molecule has 1 heterocycles. The van der Waals surface area contributed by atoms with Gasteiger partial charge in [-0.15, -0.1) is 0 Å². The molecule has 0 radical (unpaired) electrons. The van der Waals surface area contributed by atoms with Gasteiger partial charge in [0.25, 0.3) is 0 Å². The van der Waals surface area contributed by atoms with Crippen LogP contribution in [-0.4, -0.2) is 23.6 Å². The van der Waals surface area contributed by atoms with Gasteiger partial charge in [0.1, 0.15) is 6.04 Å². The molecule has 2 aromatic carbocycles. The molecular weight excluding hydrogens is 290 g/mol. The van der Waals surface area contributed by atoms with Crippen LogP contribution in [0.4, 0.5) is 5.69 Å². The molecule has 0 spiro atoms. The number of β-amino-alcohol motifs (C(OH)–C–C–N with tert-alkyl or cyclic N) is 1. The maximum atomic E-state index is 11.7. The molecule has 1 aliphatic heterocycles. The van der Waals surface area contributed by atoms with E-state index in [2.05, 4.69) is 0 Å². The summed E-state index contributed by atoms with van der Waals surface area (Å²) in [4.78, 5) is 13.6. The fourth-order valence-corrected chi connectivity index (χ4v) is 3.00. The number of aliphatic hydroxyl groups excluding tert-OH is 1. The lowest BCUT2D eigenvalue weighted by Crippen LogP contribution is -2.44. The van der Waals surface area contributed by atoms with Crippen molar-refractivity contribution < 1.29 is 9.90 Å². The molecule has 1 aliphatic rings. The number of carbonyl (C=O) groups is 1. The monoisotopic (exact) mass is 307 g/mol. The SMILES string of the molecule is N#Cc1ccc(C(O)CN2c3ccccc3C[C@H]2C(N)=O)cc1. The van der Waals surface area contributed by atoms with Crippen molar-refractivity contribution in [2.45, 2.75) is 18.6 Å². The van der Waals surface area contributed by atoms with Crippen molar-refractivity contribution >= 4 is 11.6 Å². The number of amides is 1. The highest BCUT2D eigenvalue weighted by molar-refractivity contribution is 5.86. The molecule has 2 atom stereocenters. The maximum absolute atomic E-state index is 11.7. The van der Waals surface area contributed by atoms with Gasteiger partial charge in [-0.05, 0) is 29.3 Å². The average molecular weight is 307 g/mol. The number of anilines is 1. The Morgan fingerprint density at radius 1 is 1.30 bits per heavy atom. The normalized spacial score (nSPS) is 17.4. The van der Waals surface area contributed by atoms with Gasteiger partial charge < -0.3 is 15.7 Å². The Labute approximate surface area is 134 Å². The van der Waals surface area contributed by atoms with Crippen LogP contribution in [0.15, 0.2) is 48.5 Å². The van der Waals surface area contributed by atoms with Gasteiger partial charge >= 0.3 is 0 Å². The van der Waals surface area contributed by atoms with E-state index in [9.17, 15) is 9.90 Å². The van der Waals surface area contributed by atoms with Gasteiger partial charge in [0.15, 0.2) is 0 Å². The number of nitrogens with zero attached hydrogens (tertiary/aromatic N) is 2. The van der Waals surface area contributed by atoms with Crippen molar-refractivity contribution in [3.63, 3.8) is 0 Å². The summed E-state index contributed by atoms with van der Waals surface area (Å²) in [6, 6.07) is 16.1. The highest BCUT2D eigenvalue weighted by atomic mass is 16.3. The van der Waals surface area contributed by atoms with Crippen molar-refractivity contribution in [2.75, 3.05) is 11.4 Å². The zero-order valence-corrected chi connectivity index (χ0v) is 12.5. The summed E-state index contributed by atoms with van der Waals surface area (Å²) < 4.78 is 0. The molecule has 2 aromatic rings. The summed E-state index contributed by atoms with van der Waals surface area (Å²) in [6.07, 6.45) is -0.207. The van der Waals surface area contributed by atoms with Gasteiger partial charge in [0.05, 0.1) is 17.7 Å². The fraction of sp³-hybridized carbons (Fsp3) is 0.222. The van der Waals surface area contributed by atoms with Crippen molar-refractivity contribution in [3.05, 3.63) is 65.2 Å². The number of benzene rings is 2. The van der Waals surface area contributed by atoms with Crippen molar-refractivity contribution in [1.29, 1.82) is 5.26 Å². The molecule has 0 saturated carbocycles.